The lowest BCUT2D eigenvalue weighted by molar-refractivity contribution is -0.116. The molecular weight excluding hydrogens is 388 g/mol. The van der Waals surface area contributed by atoms with Crippen LogP contribution in [0.5, 0.6) is 11.5 Å². The Bertz CT molecular complexity index is 1070. The third-order valence-corrected chi connectivity index (χ3v) is 5.43. The summed E-state index contributed by atoms with van der Waals surface area (Å²) in [6.07, 6.45) is 1.07. The molecule has 3 aromatic carbocycles. The smallest absolute Gasteiger partial charge is 0.247 e. The van der Waals surface area contributed by atoms with Crippen molar-refractivity contribution in [3.05, 3.63) is 84.9 Å². The van der Waals surface area contributed by atoms with E-state index in [1.54, 1.807) is 55.6 Å². The Hall–Kier alpha value is -3.32. The molecule has 0 bridgehead atoms. The van der Waals surface area contributed by atoms with E-state index in [-0.39, 0.29) is 12.5 Å². The second-order valence-corrected chi connectivity index (χ2v) is 8.35. The molecule has 3 aromatic rings. The lowest BCUT2D eigenvalue weighted by atomic mass is 10.2. The van der Waals surface area contributed by atoms with Gasteiger partial charge in [0.15, 0.2) is 5.75 Å². The van der Waals surface area contributed by atoms with Gasteiger partial charge in [-0.15, -0.1) is 0 Å². The molecule has 0 N–H and O–H groups in total. The molecule has 0 spiro atoms. The Balaban J connectivity index is 1.91. The number of hydrogen-bond acceptors (Lipinski definition) is 4. The summed E-state index contributed by atoms with van der Waals surface area (Å²) in [5.41, 5.74) is 0.980. The number of amides is 1. The maximum atomic E-state index is 12.8. The van der Waals surface area contributed by atoms with Crippen molar-refractivity contribution >= 4 is 27.3 Å². The number of sulfonamides is 1. The fourth-order valence-electron chi connectivity index (χ4n) is 2.77. The molecule has 0 aromatic heterocycles. The molecule has 0 saturated heterocycles. The van der Waals surface area contributed by atoms with Crippen LogP contribution in [0.25, 0.3) is 0 Å². The largest absolute Gasteiger partial charge is 0.455 e. The van der Waals surface area contributed by atoms with Crippen LogP contribution in [0, 0.1) is 0 Å². The SMILES string of the molecule is CN(C(=O)CN(c1ccccc1Oc1ccccc1)S(C)(=O)=O)c1ccccc1. The number of hydrogen-bond donors (Lipinski definition) is 0. The van der Waals surface area contributed by atoms with Crippen molar-refractivity contribution in [3.8, 4) is 11.5 Å². The van der Waals surface area contributed by atoms with Gasteiger partial charge in [0, 0.05) is 12.7 Å². The summed E-state index contributed by atoms with van der Waals surface area (Å²) in [6, 6.07) is 24.9. The Morgan fingerprint density at radius 3 is 2.03 bits per heavy atom. The van der Waals surface area contributed by atoms with Gasteiger partial charge in [-0.1, -0.05) is 48.5 Å². The Morgan fingerprint density at radius 1 is 0.862 bits per heavy atom. The molecule has 0 aliphatic rings. The zero-order chi connectivity index (χ0) is 20.9. The van der Waals surface area contributed by atoms with Gasteiger partial charge in [0.1, 0.15) is 12.3 Å². The zero-order valence-corrected chi connectivity index (χ0v) is 17.0. The van der Waals surface area contributed by atoms with Gasteiger partial charge in [0.05, 0.1) is 11.9 Å². The number of carbonyl (C=O) groups excluding carboxylic acids is 1. The average molecular weight is 410 g/mol. The first-order valence-electron chi connectivity index (χ1n) is 8.97. The fraction of sp³-hybridized carbons (Fsp3) is 0.136. The molecule has 0 heterocycles. The summed E-state index contributed by atoms with van der Waals surface area (Å²) in [6.45, 7) is -0.348. The number of carbonyl (C=O) groups is 1. The van der Waals surface area contributed by atoms with Crippen LogP contribution in [0.1, 0.15) is 0 Å². The van der Waals surface area contributed by atoms with E-state index in [0.29, 0.717) is 22.9 Å². The topological polar surface area (TPSA) is 66.9 Å². The normalized spacial score (nSPS) is 11.0. The van der Waals surface area contributed by atoms with Crippen LogP contribution in [0.2, 0.25) is 0 Å². The van der Waals surface area contributed by atoms with E-state index in [2.05, 4.69) is 0 Å². The molecule has 6 nitrogen and oxygen atoms in total. The summed E-state index contributed by atoms with van der Waals surface area (Å²) in [4.78, 5) is 14.3. The highest BCUT2D eigenvalue weighted by molar-refractivity contribution is 7.92. The van der Waals surface area contributed by atoms with Gasteiger partial charge in [0.2, 0.25) is 15.9 Å². The number of anilines is 2. The molecule has 7 heteroatoms. The fourth-order valence-corrected chi connectivity index (χ4v) is 3.62. The molecule has 3 rings (SSSR count). The molecular formula is C22H22N2O4S. The number of nitrogens with zero attached hydrogens (tertiary/aromatic N) is 2. The Kier molecular flexibility index (Phi) is 6.19. The van der Waals surface area contributed by atoms with Gasteiger partial charge in [-0.05, 0) is 36.4 Å². The third kappa shape index (κ3) is 5.14. The lowest BCUT2D eigenvalue weighted by Gasteiger charge is -2.26. The minimum absolute atomic E-state index is 0.300. The van der Waals surface area contributed by atoms with Crippen LogP contribution >= 0.6 is 0 Å². The summed E-state index contributed by atoms with van der Waals surface area (Å²) in [7, 11) is -2.12. The maximum Gasteiger partial charge on any atom is 0.247 e. The van der Waals surface area contributed by atoms with Crippen LogP contribution in [0.4, 0.5) is 11.4 Å². The van der Waals surface area contributed by atoms with Gasteiger partial charge < -0.3 is 9.64 Å². The highest BCUT2D eigenvalue weighted by Gasteiger charge is 2.26. The van der Waals surface area contributed by atoms with Crippen molar-refractivity contribution in [1.29, 1.82) is 0 Å². The highest BCUT2D eigenvalue weighted by Crippen LogP contribution is 2.33. The number of rotatable bonds is 7. The minimum atomic E-state index is -3.74. The number of ether oxygens (including phenoxy) is 1. The molecule has 0 saturated carbocycles. The second-order valence-electron chi connectivity index (χ2n) is 6.44. The summed E-state index contributed by atoms with van der Waals surface area (Å²) < 4.78 is 32.0. The van der Waals surface area contributed by atoms with Crippen molar-refractivity contribution < 1.29 is 17.9 Å². The van der Waals surface area contributed by atoms with Gasteiger partial charge in [-0.3, -0.25) is 9.10 Å². The van der Waals surface area contributed by atoms with E-state index in [1.165, 1.54) is 4.90 Å². The van der Waals surface area contributed by atoms with E-state index in [4.69, 9.17) is 4.74 Å². The first-order chi connectivity index (χ1) is 13.9. The molecule has 0 aliphatic heterocycles. The van der Waals surface area contributed by atoms with Gasteiger partial charge in [0.25, 0.3) is 0 Å². The number of likely N-dealkylation sites (N-methyl/N-ethyl adjacent to an activating group) is 1. The van der Waals surface area contributed by atoms with Crippen molar-refractivity contribution in [2.24, 2.45) is 0 Å². The van der Waals surface area contributed by atoms with Crippen LogP contribution in [0.15, 0.2) is 84.9 Å². The predicted molar refractivity (Wildman–Crippen MR) is 115 cm³/mol. The molecule has 0 unspecified atom stereocenters. The van der Waals surface area contributed by atoms with Crippen molar-refractivity contribution in [1.82, 2.24) is 0 Å². The van der Waals surface area contributed by atoms with E-state index >= 15 is 0 Å². The molecule has 0 radical (unpaired) electrons. The standard InChI is InChI=1S/C22H22N2O4S/c1-23(18-11-5-3-6-12-18)22(25)17-24(29(2,26)27)20-15-9-10-16-21(20)28-19-13-7-4-8-14-19/h3-16H,17H2,1-2H3. The summed E-state index contributed by atoms with van der Waals surface area (Å²) in [5.74, 6) is 0.552. The van der Waals surface area contributed by atoms with E-state index in [9.17, 15) is 13.2 Å². The zero-order valence-electron chi connectivity index (χ0n) is 16.2. The van der Waals surface area contributed by atoms with Gasteiger partial charge >= 0.3 is 0 Å². The van der Waals surface area contributed by atoms with E-state index < -0.39 is 10.0 Å². The first-order valence-corrected chi connectivity index (χ1v) is 10.8. The Morgan fingerprint density at radius 2 is 1.41 bits per heavy atom. The van der Waals surface area contributed by atoms with Crippen molar-refractivity contribution in [2.75, 3.05) is 29.1 Å². The number of benzene rings is 3. The molecule has 1 amide bonds. The highest BCUT2D eigenvalue weighted by atomic mass is 32.2. The number of para-hydroxylation sites is 4. The Labute approximate surface area is 171 Å². The molecule has 0 atom stereocenters. The lowest BCUT2D eigenvalue weighted by Crippen LogP contribution is -2.41. The van der Waals surface area contributed by atoms with Gasteiger partial charge in [-0.25, -0.2) is 8.42 Å². The summed E-state index contributed by atoms with van der Waals surface area (Å²) >= 11 is 0. The second kappa shape index (κ2) is 8.79. The van der Waals surface area contributed by atoms with Crippen molar-refractivity contribution in [2.45, 2.75) is 0 Å². The van der Waals surface area contributed by atoms with Crippen molar-refractivity contribution in [3.63, 3.8) is 0 Å². The molecule has 29 heavy (non-hydrogen) atoms. The third-order valence-electron chi connectivity index (χ3n) is 4.30. The molecule has 0 aliphatic carbocycles. The maximum absolute atomic E-state index is 12.8. The van der Waals surface area contributed by atoms with Crippen LogP contribution < -0.4 is 13.9 Å². The minimum Gasteiger partial charge on any atom is -0.455 e. The quantitative estimate of drug-likeness (QED) is 0.592. The van der Waals surface area contributed by atoms with Crippen LogP contribution in [-0.4, -0.2) is 34.2 Å². The van der Waals surface area contributed by atoms with Gasteiger partial charge in [-0.2, -0.15) is 0 Å². The van der Waals surface area contributed by atoms with E-state index in [0.717, 1.165) is 10.6 Å². The molecule has 0 fully saturated rings. The first kappa shape index (κ1) is 20.4. The van der Waals surface area contributed by atoms with E-state index in [1.807, 2.05) is 36.4 Å². The predicted octanol–water partition coefficient (Wildman–Crippen LogP) is 3.91. The molecule has 150 valence electrons. The summed E-state index contributed by atoms with van der Waals surface area (Å²) in [5, 5.41) is 0. The monoisotopic (exact) mass is 410 g/mol. The van der Waals surface area contributed by atoms with Crippen LogP contribution in [0.3, 0.4) is 0 Å². The average Bonchev–Trinajstić information content (AvgIpc) is 2.72. The van der Waals surface area contributed by atoms with Crippen LogP contribution in [-0.2, 0) is 14.8 Å².